The molecule has 1 aliphatic rings. The highest BCUT2D eigenvalue weighted by Gasteiger charge is 2.30. The van der Waals surface area contributed by atoms with Gasteiger partial charge in [-0.2, -0.15) is 4.52 Å². The first kappa shape index (κ1) is 17.7. The van der Waals surface area contributed by atoms with Gasteiger partial charge in [0, 0.05) is 42.9 Å². The first-order valence-electron chi connectivity index (χ1n) is 9.95. The topological polar surface area (TPSA) is 80.0 Å². The summed E-state index contributed by atoms with van der Waals surface area (Å²) in [7, 11) is 0. The van der Waals surface area contributed by atoms with E-state index in [-0.39, 0.29) is 0 Å². The molecule has 0 spiro atoms. The van der Waals surface area contributed by atoms with E-state index in [0.717, 1.165) is 54.5 Å². The molecule has 3 heterocycles. The smallest absolute Gasteiger partial charge is 0.201 e. The monoisotopic (exact) mass is 365 g/mol. The zero-order chi connectivity index (χ0) is 18.6. The zero-order valence-corrected chi connectivity index (χ0v) is 16.0. The van der Waals surface area contributed by atoms with Gasteiger partial charge in [0.25, 0.3) is 0 Å². The van der Waals surface area contributed by atoms with Crippen LogP contribution >= 0.6 is 0 Å². The standard InChI is InChI=1S/C20H27N7/c1-3-15(4-2)23-18-13-17(22-12-10-16-7-5-6-11-21-16)20-25-24-19(14-8-9-14)27(20)26-18/h5-7,11,13-15,22H,3-4,8-10,12H2,1-2H3,(H,23,26). The van der Waals surface area contributed by atoms with Crippen LogP contribution in [0.1, 0.15) is 57.0 Å². The third-order valence-electron chi connectivity index (χ3n) is 5.10. The van der Waals surface area contributed by atoms with Gasteiger partial charge >= 0.3 is 0 Å². The van der Waals surface area contributed by atoms with Gasteiger partial charge in [-0.05, 0) is 37.8 Å². The Morgan fingerprint density at radius 2 is 2.04 bits per heavy atom. The van der Waals surface area contributed by atoms with E-state index < -0.39 is 0 Å². The van der Waals surface area contributed by atoms with Gasteiger partial charge in [0.15, 0.2) is 5.82 Å². The molecular formula is C20H27N7. The second-order valence-corrected chi connectivity index (χ2v) is 7.17. The molecule has 1 aliphatic carbocycles. The summed E-state index contributed by atoms with van der Waals surface area (Å²) in [6.45, 7) is 5.17. The fourth-order valence-corrected chi connectivity index (χ4v) is 3.27. The van der Waals surface area contributed by atoms with Crippen LogP contribution in [0.25, 0.3) is 5.65 Å². The molecule has 7 heteroatoms. The quantitative estimate of drug-likeness (QED) is 0.602. The Labute approximate surface area is 159 Å². The second-order valence-electron chi connectivity index (χ2n) is 7.17. The Kier molecular flexibility index (Phi) is 5.18. The molecule has 3 aromatic rings. The number of fused-ring (bicyclic) bond motifs is 1. The number of rotatable bonds is 9. The maximum absolute atomic E-state index is 4.79. The maximum atomic E-state index is 4.79. The molecule has 4 rings (SSSR count). The third kappa shape index (κ3) is 4.02. The van der Waals surface area contributed by atoms with Gasteiger partial charge in [-0.3, -0.25) is 4.98 Å². The molecule has 27 heavy (non-hydrogen) atoms. The number of pyridine rings is 1. The summed E-state index contributed by atoms with van der Waals surface area (Å²) >= 11 is 0. The molecule has 142 valence electrons. The van der Waals surface area contributed by atoms with E-state index in [0.29, 0.717) is 12.0 Å². The van der Waals surface area contributed by atoms with E-state index in [4.69, 9.17) is 5.10 Å². The fraction of sp³-hybridized carbons (Fsp3) is 0.500. The number of nitrogens with one attached hydrogen (secondary N) is 2. The van der Waals surface area contributed by atoms with Crippen LogP contribution in [0.4, 0.5) is 11.5 Å². The molecule has 3 aromatic heterocycles. The van der Waals surface area contributed by atoms with Crippen LogP contribution in [0.2, 0.25) is 0 Å². The summed E-state index contributed by atoms with van der Waals surface area (Å²) in [5.41, 5.74) is 2.84. The second kappa shape index (κ2) is 7.90. The minimum Gasteiger partial charge on any atom is -0.381 e. The van der Waals surface area contributed by atoms with Crippen LogP contribution in [0.3, 0.4) is 0 Å². The predicted molar refractivity (Wildman–Crippen MR) is 107 cm³/mol. The molecule has 7 nitrogen and oxygen atoms in total. The average Bonchev–Trinajstić information content (AvgIpc) is 3.46. The average molecular weight is 365 g/mol. The summed E-state index contributed by atoms with van der Waals surface area (Å²) in [5, 5.41) is 20.7. The van der Waals surface area contributed by atoms with Crippen molar-refractivity contribution in [2.75, 3.05) is 17.2 Å². The van der Waals surface area contributed by atoms with Crippen molar-refractivity contribution in [3.63, 3.8) is 0 Å². The van der Waals surface area contributed by atoms with Crippen LogP contribution in [0, 0.1) is 0 Å². The Morgan fingerprint density at radius 3 is 2.74 bits per heavy atom. The van der Waals surface area contributed by atoms with Crippen molar-refractivity contribution in [1.29, 1.82) is 0 Å². The first-order valence-corrected chi connectivity index (χ1v) is 9.95. The Balaban J connectivity index is 1.59. The fourth-order valence-electron chi connectivity index (χ4n) is 3.27. The van der Waals surface area contributed by atoms with E-state index in [9.17, 15) is 0 Å². The maximum Gasteiger partial charge on any atom is 0.201 e. The molecule has 0 unspecified atom stereocenters. The van der Waals surface area contributed by atoms with Crippen molar-refractivity contribution in [2.24, 2.45) is 0 Å². The van der Waals surface area contributed by atoms with Crippen LogP contribution in [-0.4, -0.2) is 37.4 Å². The third-order valence-corrected chi connectivity index (χ3v) is 5.10. The SMILES string of the molecule is CCC(CC)Nc1cc(NCCc2ccccn2)c2nnc(C3CC3)n2n1. The zero-order valence-electron chi connectivity index (χ0n) is 16.0. The van der Waals surface area contributed by atoms with Crippen molar-refractivity contribution in [3.8, 4) is 0 Å². The van der Waals surface area contributed by atoms with E-state index >= 15 is 0 Å². The van der Waals surface area contributed by atoms with Crippen molar-refractivity contribution >= 4 is 17.2 Å². The van der Waals surface area contributed by atoms with Gasteiger partial charge in [-0.15, -0.1) is 15.3 Å². The summed E-state index contributed by atoms with van der Waals surface area (Å²) in [6, 6.07) is 8.47. The molecule has 0 bridgehead atoms. The first-order chi connectivity index (χ1) is 13.3. The number of hydrogen-bond donors (Lipinski definition) is 2. The van der Waals surface area contributed by atoms with Crippen molar-refractivity contribution in [1.82, 2.24) is 24.8 Å². The van der Waals surface area contributed by atoms with E-state index in [1.165, 1.54) is 12.8 Å². The van der Waals surface area contributed by atoms with Crippen LogP contribution in [0.5, 0.6) is 0 Å². The number of anilines is 2. The predicted octanol–water partition coefficient (Wildman–Crippen LogP) is 3.65. The highest BCUT2D eigenvalue weighted by Crippen LogP contribution is 2.39. The molecular weight excluding hydrogens is 338 g/mol. The molecule has 1 saturated carbocycles. The van der Waals surface area contributed by atoms with Crippen molar-refractivity contribution in [3.05, 3.63) is 42.0 Å². The molecule has 0 radical (unpaired) electrons. The van der Waals surface area contributed by atoms with Gasteiger partial charge < -0.3 is 10.6 Å². The van der Waals surface area contributed by atoms with Crippen LogP contribution in [0.15, 0.2) is 30.5 Å². The highest BCUT2D eigenvalue weighted by atomic mass is 15.4. The number of aromatic nitrogens is 5. The summed E-state index contributed by atoms with van der Waals surface area (Å²) in [6.07, 6.45) is 7.17. The molecule has 2 N–H and O–H groups in total. The van der Waals surface area contributed by atoms with Crippen molar-refractivity contribution in [2.45, 2.75) is 57.9 Å². The van der Waals surface area contributed by atoms with E-state index in [1.807, 2.05) is 28.9 Å². The largest absolute Gasteiger partial charge is 0.381 e. The normalized spacial score (nSPS) is 14.0. The Hall–Kier alpha value is -2.70. The van der Waals surface area contributed by atoms with Crippen molar-refractivity contribution < 1.29 is 0 Å². The summed E-state index contributed by atoms with van der Waals surface area (Å²) in [5.74, 6) is 2.35. The molecule has 0 aliphatic heterocycles. The lowest BCUT2D eigenvalue weighted by atomic mass is 10.2. The molecule has 1 fully saturated rings. The lowest BCUT2D eigenvalue weighted by Crippen LogP contribution is -2.19. The molecule has 0 atom stereocenters. The lowest BCUT2D eigenvalue weighted by Gasteiger charge is -2.17. The van der Waals surface area contributed by atoms with E-state index in [1.54, 1.807) is 0 Å². The van der Waals surface area contributed by atoms with Gasteiger partial charge in [-0.25, -0.2) is 0 Å². The minimum atomic E-state index is 0.414. The minimum absolute atomic E-state index is 0.414. The Bertz CT molecular complexity index is 882. The number of hydrogen-bond acceptors (Lipinski definition) is 6. The van der Waals surface area contributed by atoms with Gasteiger partial charge in [0.2, 0.25) is 5.65 Å². The van der Waals surface area contributed by atoms with Gasteiger partial charge in [0.1, 0.15) is 5.82 Å². The molecule has 0 aromatic carbocycles. The molecule has 0 amide bonds. The highest BCUT2D eigenvalue weighted by molar-refractivity contribution is 5.70. The summed E-state index contributed by atoms with van der Waals surface area (Å²) in [4.78, 5) is 4.39. The van der Waals surface area contributed by atoms with E-state index in [2.05, 4.69) is 45.7 Å². The number of nitrogens with zero attached hydrogens (tertiary/aromatic N) is 5. The lowest BCUT2D eigenvalue weighted by molar-refractivity contribution is 0.664. The van der Waals surface area contributed by atoms with Crippen LogP contribution in [-0.2, 0) is 6.42 Å². The molecule has 0 saturated heterocycles. The van der Waals surface area contributed by atoms with Gasteiger partial charge in [0.05, 0.1) is 5.69 Å². The Morgan fingerprint density at radius 1 is 1.19 bits per heavy atom. The van der Waals surface area contributed by atoms with Gasteiger partial charge in [-0.1, -0.05) is 19.9 Å². The van der Waals surface area contributed by atoms with Crippen LogP contribution < -0.4 is 10.6 Å². The summed E-state index contributed by atoms with van der Waals surface area (Å²) < 4.78 is 1.92.